The highest BCUT2D eigenvalue weighted by Gasteiger charge is 2.46. The molecule has 2 unspecified atom stereocenters. The van der Waals surface area contributed by atoms with Crippen LogP contribution in [0.1, 0.15) is 32.4 Å². The number of methoxy groups -OCH3 is 1. The van der Waals surface area contributed by atoms with Crippen molar-refractivity contribution in [3.63, 3.8) is 0 Å². The number of phenols is 1. The smallest absolute Gasteiger partial charge is 0.330 e. The minimum atomic E-state index is -1.84. The summed E-state index contributed by atoms with van der Waals surface area (Å²) in [5.74, 6) is -3.30. The molecule has 0 fully saturated rings. The fourth-order valence-corrected chi connectivity index (χ4v) is 2.91. The van der Waals surface area contributed by atoms with Crippen molar-refractivity contribution in [1.82, 2.24) is 4.90 Å². The average molecular weight is 357 g/mol. The molecule has 26 heavy (non-hydrogen) atoms. The van der Waals surface area contributed by atoms with E-state index in [0.717, 1.165) is 0 Å². The van der Waals surface area contributed by atoms with Crippen LogP contribution in [0.4, 0.5) is 0 Å². The maximum Gasteiger partial charge on any atom is 0.330 e. The number of benzene rings is 2. The molecule has 0 saturated heterocycles. The number of hydrogen-bond donors (Lipinski definition) is 3. The fraction of sp³-hybridized carbons (Fsp3) is 0.167. The third-order valence-corrected chi connectivity index (χ3v) is 4.20. The van der Waals surface area contributed by atoms with Crippen molar-refractivity contribution in [2.45, 2.75) is 12.1 Å². The predicted molar refractivity (Wildman–Crippen MR) is 88.0 cm³/mol. The molecule has 0 aromatic heterocycles. The number of carboxylic acids is 1. The number of rotatable bonds is 5. The van der Waals surface area contributed by atoms with Gasteiger partial charge in [-0.25, -0.2) is 4.79 Å². The molecule has 2 atom stereocenters. The predicted octanol–water partition coefficient (Wildman–Crippen LogP) is 1.18. The molecule has 3 N–H and O–H groups in total. The summed E-state index contributed by atoms with van der Waals surface area (Å²) in [6.07, 6.45) is -1.72. The van der Waals surface area contributed by atoms with E-state index >= 15 is 0 Å². The van der Waals surface area contributed by atoms with Crippen molar-refractivity contribution < 1.29 is 34.4 Å². The number of aromatic hydroxyl groups is 1. The number of nitrogens with zero attached hydrogens (tertiary/aromatic N) is 1. The van der Waals surface area contributed by atoms with Crippen LogP contribution in [0.5, 0.6) is 11.5 Å². The molecule has 2 amide bonds. The molecule has 2 aromatic rings. The summed E-state index contributed by atoms with van der Waals surface area (Å²) in [6, 6.07) is 7.88. The van der Waals surface area contributed by atoms with E-state index < -0.39 is 29.9 Å². The summed E-state index contributed by atoms with van der Waals surface area (Å²) >= 11 is 0. The number of ether oxygens (including phenoxy) is 1. The number of amides is 2. The van der Waals surface area contributed by atoms with Crippen LogP contribution in [0.3, 0.4) is 0 Å². The van der Waals surface area contributed by atoms with Gasteiger partial charge in [-0.2, -0.15) is 0 Å². The summed E-state index contributed by atoms with van der Waals surface area (Å²) < 4.78 is 4.94. The molecule has 0 radical (unpaired) electrons. The van der Waals surface area contributed by atoms with Crippen molar-refractivity contribution in [3.8, 4) is 11.5 Å². The van der Waals surface area contributed by atoms with Gasteiger partial charge in [-0.05, 0) is 29.8 Å². The van der Waals surface area contributed by atoms with Crippen molar-refractivity contribution in [1.29, 1.82) is 0 Å². The molecule has 3 rings (SSSR count). The summed E-state index contributed by atoms with van der Waals surface area (Å²) in [5, 5.41) is 29.8. The van der Waals surface area contributed by atoms with E-state index in [4.69, 9.17) is 4.74 Å². The first-order valence-electron chi connectivity index (χ1n) is 7.61. The Bertz CT molecular complexity index is 873. The highest BCUT2D eigenvalue weighted by atomic mass is 16.5. The number of fused-ring (bicyclic) bond motifs is 1. The zero-order chi connectivity index (χ0) is 19.0. The Labute approximate surface area is 147 Å². The van der Waals surface area contributed by atoms with E-state index in [2.05, 4.69) is 0 Å². The maximum atomic E-state index is 12.5. The van der Waals surface area contributed by atoms with E-state index in [1.165, 1.54) is 37.4 Å². The molecule has 0 saturated carbocycles. The highest BCUT2D eigenvalue weighted by Crippen LogP contribution is 2.34. The second kappa shape index (κ2) is 6.49. The Morgan fingerprint density at radius 2 is 1.65 bits per heavy atom. The van der Waals surface area contributed by atoms with Crippen molar-refractivity contribution in [2.75, 3.05) is 7.11 Å². The Balaban J connectivity index is 2.02. The number of imide groups is 1. The summed E-state index contributed by atoms with van der Waals surface area (Å²) in [6.45, 7) is 0. The number of hydrogen-bond acceptors (Lipinski definition) is 6. The first-order valence-corrected chi connectivity index (χ1v) is 7.61. The van der Waals surface area contributed by atoms with Gasteiger partial charge in [0.05, 0.1) is 18.2 Å². The first kappa shape index (κ1) is 17.4. The van der Waals surface area contributed by atoms with Gasteiger partial charge in [0, 0.05) is 0 Å². The van der Waals surface area contributed by atoms with E-state index in [9.17, 15) is 29.7 Å². The Morgan fingerprint density at radius 1 is 1.08 bits per heavy atom. The van der Waals surface area contributed by atoms with Crippen LogP contribution in [-0.2, 0) is 4.79 Å². The second-order valence-electron chi connectivity index (χ2n) is 5.69. The minimum absolute atomic E-state index is 0.0213. The van der Waals surface area contributed by atoms with Crippen LogP contribution in [0.15, 0.2) is 42.5 Å². The Kier molecular flexibility index (Phi) is 4.35. The molecule has 8 nitrogen and oxygen atoms in total. The van der Waals surface area contributed by atoms with Gasteiger partial charge in [0.15, 0.2) is 17.5 Å². The number of carbonyl (C=O) groups excluding carboxylic acids is 2. The highest BCUT2D eigenvalue weighted by molar-refractivity contribution is 6.22. The number of carbonyl (C=O) groups is 3. The number of aliphatic carboxylic acids is 1. The van der Waals surface area contributed by atoms with Crippen molar-refractivity contribution >= 4 is 17.8 Å². The number of aliphatic hydroxyl groups is 1. The third-order valence-electron chi connectivity index (χ3n) is 4.20. The summed E-state index contributed by atoms with van der Waals surface area (Å²) in [7, 11) is 1.30. The topological polar surface area (TPSA) is 124 Å². The number of carboxylic acid groups (broad SMARTS) is 1. The zero-order valence-corrected chi connectivity index (χ0v) is 13.6. The van der Waals surface area contributed by atoms with Gasteiger partial charge < -0.3 is 20.1 Å². The zero-order valence-electron chi connectivity index (χ0n) is 13.6. The normalized spacial score (nSPS) is 15.5. The second-order valence-corrected chi connectivity index (χ2v) is 5.69. The van der Waals surface area contributed by atoms with E-state index in [0.29, 0.717) is 4.90 Å². The lowest BCUT2D eigenvalue weighted by molar-refractivity contribution is -0.145. The quantitative estimate of drug-likeness (QED) is 0.686. The largest absolute Gasteiger partial charge is 0.504 e. The summed E-state index contributed by atoms with van der Waals surface area (Å²) in [5.41, 5.74) is 0.238. The minimum Gasteiger partial charge on any atom is -0.504 e. The van der Waals surface area contributed by atoms with Crippen LogP contribution in [0.2, 0.25) is 0 Å². The molecular formula is C18H15NO7. The van der Waals surface area contributed by atoms with Gasteiger partial charge in [0.25, 0.3) is 11.8 Å². The molecule has 0 bridgehead atoms. The van der Waals surface area contributed by atoms with E-state index in [1.54, 1.807) is 12.1 Å². The lowest BCUT2D eigenvalue weighted by Crippen LogP contribution is -2.48. The first-order chi connectivity index (χ1) is 12.4. The monoisotopic (exact) mass is 357 g/mol. The lowest BCUT2D eigenvalue weighted by atomic mass is 10.0. The van der Waals surface area contributed by atoms with E-state index in [1.807, 2.05) is 0 Å². The van der Waals surface area contributed by atoms with Gasteiger partial charge in [0.1, 0.15) is 6.10 Å². The lowest BCUT2D eigenvalue weighted by Gasteiger charge is -2.27. The Morgan fingerprint density at radius 3 is 2.15 bits per heavy atom. The third kappa shape index (κ3) is 2.66. The van der Waals surface area contributed by atoms with Gasteiger partial charge in [-0.3, -0.25) is 14.5 Å². The SMILES string of the molecule is COc1cc(C(O)C(C(=O)O)N2C(=O)c3ccccc3C2=O)ccc1O. The van der Waals surface area contributed by atoms with Gasteiger partial charge in [-0.1, -0.05) is 18.2 Å². The van der Waals surface area contributed by atoms with Gasteiger partial charge in [0.2, 0.25) is 0 Å². The molecule has 2 aromatic carbocycles. The van der Waals surface area contributed by atoms with E-state index in [-0.39, 0.29) is 28.2 Å². The standard InChI is InChI=1S/C18H15NO7/c1-26-13-8-9(6-7-12(13)20)15(21)14(18(24)25)19-16(22)10-4-2-3-5-11(10)17(19)23/h2-8,14-15,20-21H,1H3,(H,24,25). The van der Waals surface area contributed by atoms with Crippen molar-refractivity contribution in [2.24, 2.45) is 0 Å². The van der Waals surface area contributed by atoms with Crippen LogP contribution >= 0.6 is 0 Å². The number of aliphatic hydroxyl groups excluding tert-OH is 1. The molecule has 1 aliphatic rings. The summed E-state index contributed by atoms with van der Waals surface area (Å²) in [4.78, 5) is 37.4. The van der Waals surface area contributed by atoms with Crippen LogP contribution in [0, 0.1) is 0 Å². The Hall–Kier alpha value is -3.39. The average Bonchev–Trinajstić information content (AvgIpc) is 2.87. The molecule has 1 heterocycles. The van der Waals surface area contributed by atoms with Gasteiger partial charge >= 0.3 is 5.97 Å². The number of phenolic OH excluding ortho intramolecular Hbond substituents is 1. The van der Waals surface area contributed by atoms with Crippen molar-refractivity contribution in [3.05, 3.63) is 59.2 Å². The molecule has 0 spiro atoms. The molecular weight excluding hydrogens is 342 g/mol. The molecule has 1 aliphatic heterocycles. The van der Waals surface area contributed by atoms with Crippen LogP contribution in [-0.4, -0.2) is 51.2 Å². The van der Waals surface area contributed by atoms with Crippen LogP contribution in [0.25, 0.3) is 0 Å². The molecule has 8 heteroatoms. The molecule has 0 aliphatic carbocycles. The van der Waals surface area contributed by atoms with Gasteiger partial charge in [-0.15, -0.1) is 0 Å². The maximum absolute atomic E-state index is 12.5. The van der Waals surface area contributed by atoms with Crippen LogP contribution < -0.4 is 4.74 Å². The fourth-order valence-electron chi connectivity index (χ4n) is 2.91. The molecule has 134 valence electrons.